The molecule has 0 aromatic rings. The third-order valence-corrected chi connectivity index (χ3v) is 4.96. The van der Waals surface area contributed by atoms with Crippen LogP contribution in [0, 0.1) is 11.8 Å². The lowest BCUT2D eigenvalue weighted by molar-refractivity contribution is -0.153. The first-order chi connectivity index (χ1) is 7.66. The van der Waals surface area contributed by atoms with Crippen molar-refractivity contribution in [3.05, 3.63) is 0 Å². The van der Waals surface area contributed by atoms with Gasteiger partial charge in [0, 0.05) is 6.42 Å². The summed E-state index contributed by atoms with van der Waals surface area (Å²) in [6.45, 7) is 10.6. The molecular weight excluding hydrogens is 212 g/mol. The van der Waals surface area contributed by atoms with Gasteiger partial charge in [0.2, 0.25) is 0 Å². The molecule has 1 unspecified atom stereocenters. The van der Waals surface area contributed by atoms with Crippen LogP contribution in [0.3, 0.4) is 0 Å². The summed E-state index contributed by atoms with van der Waals surface area (Å²) in [5, 5.41) is 11.1. The van der Waals surface area contributed by atoms with Gasteiger partial charge in [-0.25, -0.2) is 0 Å². The highest BCUT2D eigenvalue weighted by molar-refractivity contribution is 5.09. The van der Waals surface area contributed by atoms with Crippen LogP contribution in [-0.4, -0.2) is 21.9 Å². The predicted octanol–water partition coefficient (Wildman–Crippen LogP) is 3.52. The highest BCUT2D eigenvalue weighted by Gasteiger charge is 2.59. The van der Waals surface area contributed by atoms with E-state index in [-0.39, 0.29) is 5.60 Å². The Morgan fingerprint density at radius 2 is 1.53 bits per heavy atom. The van der Waals surface area contributed by atoms with Crippen molar-refractivity contribution >= 4 is 0 Å². The summed E-state index contributed by atoms with van der Waals surface area (Å²) in [6.07, 6.45) is 5.58. The van der Waals surface area contributed by atoms with Crippen LogP contribution in [0.2, 0.25) is 0 Å². The summed E-state index contributed by atoms with van der Waals surface area (Å²) in [6, 6.07) is 0. The lowest BCUT2D eigenvalue weighted by atomic mass is 9.66. The second-order valence-corrected chi connectivity index (χ2v) is 7.43. The molecule has 1 saturated heterocycles. The maximum absolute atomic E-state index is 11.1. The van der Waals surface area contributed by atoms with Gasteiger partial charge in [0.15, 0.2) is 0 Å². The first kappa shape index (κ1) is 13.4. The van der Waals surface area contributed by atoms with E-state index in [4.69, 9.17) is 4.74 Å². The molecule has 2 heteroatoms. The zero-order valence-electron chi connectivity index (χ0n) is 12.0. The van der Waals surface area contributed by atoms with Gasteiger partial charge in [0.1, 0.15) is 0 Å². The topological polar surface area (TPSA) is 29.5 Å². The van der Waals surface area contributed by atoms with E-state index in [0.29, 0.717) is 5.92 Å². The number of hydrogen-bond donors (Lipinski definition) is 1. The molecule has 1 N–H and O–H groups in total. The molecule has 17 heavy (non-hydrogen) atoms. The van der Waals surface area contributed by atoms with E-state index < -0.39 is 11.2 Å². The second-order valence-electron chi connectivity index (χ2n) is 7.43. The summed E-state index contributed by atoms with van der Waals surface area (Å²) < 4.78 is 6.08. The average Bonchev–Trinajstić information content (AvgIpc) is 2.32. The van der Waals surface area contributed by atoms with E-state index in [1.165, 1.54) is 12.8 Å². The average molecular weight is 240 g/mol. The largest absolute Gasteiger partial charge is 0.386 e. The lowest BCUT2D eigenvalue weighted by Crippen LogP contribution is -2.52. The van der Waals surface area contributed by atoms with Gasteiger partial charge in [0.05, 0.1) is 16.8 Å². The van der Waals surface area contributed by atoms with Gasteiger partial charge >= 0.3 is 0 Å². The zero-order chi connectivity index (χ0) is 12.9. The lowest BCUT2D eigenvalue weighted by Gasteiger charge is -2.44. The number of hydrogen-bond acceptors (Lipinski definition) is 2. The quantitative estimate of drug-likeness (QED) is 0.760. The van der Waals surface area contributed by atoms with Crippen molar-refractivity contribution in [3.63, 3.8) is 0 Å². The molecule has 100 valence electrons. The molecule has 0 spiro atoms. The van der Waals surface area contributed by atoms with Gasteiger partial charge in [-0.1, -0.05) is 19.8 Å². The Balaban J connectivity index is 2.18. The Bertz CT molecular complexity index is 287. The van der Waals surface area contributed by atoms with Gasteiger partial charge in [0.25, 0.3) is 0 Å². The van der Waals surface area contributed by atoms with Gasteiger partial charge in [-0.3, -0.25) is 0 Å². The van der Waals surface area contributed by atoms with Crippen molar-refractivity contribution in [2.75, 3.05) is 0 Å². The summed E-state index contributed by atoms with van der Waals surface area (Å²) in [4.78, 5) is 0. The van der Waals surface area contributed by atoms with Crippen LogP contribution < -0.4 is 0 Å². The van der Waals surface area contributed by atoms with Crippen molar-refractivity contribution in [2.24, 2.45) is 11.8 Å². The Hall–Kier alpha value is -0.0800. The molecule has 2 fully saturated rings. The molecule has 0 radical (unpaired) electrons. The molecule has 2 aliphatic rings. The van der Waals surface area contributed by atoms with Crippen molar-refractivity contribution in [2.45, 2.75) is 83.5 Å². The van der Waals surface area contributed by atoms with Crippen LogP contribution in [0.4, 0.5) is 0 Å². The zero-order valence-corrected chi connectivity index (χ0v) is 12.0. The summed E-state index contributed by atoms with van der Waals surface area (Å²) in [5.41, 5.74) is -1.25. The van der Waals surface area contributed by atoms with Crippen LogP contribution in [-0.2, 0) is 4.74 Å². The highest BCUT2D eigenvalue weighted by Crippen LogP contribution is 2.52. The third-order valence-electron chi connectivity index (χ3n) is 4.96. The Kier molecular flexibility index (Phi) is 3.11. The number of aliphatic hydroxyl groups is 1. The molecule has 0 bridgehead atoms. The standard InChI is InChI=1S/C15H28O2/c1-11-6-8-12(9-7-11)15(16)10-13(2,3)17-14(15,4)5/h11-12,16H,6-10H2,1-5H3. The van der Waals surface area contributed by atoms with Gasteiger partial charge < -0.3 is 9.84 Å². The first-order valence-electron chi connectivity index (χ1n) is 7.09. The van der Waals surface area contributed by atoms with Crippen LogP contribution in [0.5, 0.6) is 0 Å². The molecule has 1 saturated carbocycles. The number of rotatable bonds is 1. The molecule has 2 rings (SSSR count). The van der Waals surface area contributed by atoms with E-state index in [9.17, 15) is 5.11 Å². The van der Waals surface area contributed by atoms with E-state index >= 15 is 0 Å². The van der Waals surface area contributed by atoms with E-state index in [1.807, 2.05) is 0 Å². The van der Waals surface area contributed by atoms with E-state index in [2.05, 4.69) is 34.6 Å². The highest BCUT2D eigenvalue weighted by atomic mass is 16.5. The van der Waals surface area contributed by atoms with Crippen LogP contribution in [0.25, 0.3) is 0 Å². The summed E-state index contributed by atoms with van der Waals surface area (Å²) in [7, 11) is 0. The van der Waals surface area contributed by atoms with Crippen molar-refractivity contribution in [1.29, 1.82) is 0 Å². The van der Waals surface area contributed by atoms with Gasteiger partial charge in [-0.05, 0) is 52.4 Å². The molecule has 1 aliphatic heterocycles. The number of ether oxygens (including phenoxy) is 1. The monoisotopic (exact) mass is 240 g/mol. The maximum atomic E-state index is 11.1. The molecule has 2 nitrogen and oxygen atoms in total. The molecule has 0 aromatic carbocycles. The molecule has 1 aliphatic carbocycles. The van der Waals surface area contributed by atoms with Gasteiger partial charge in [-0.2, -0.15) is 0 Å². The molecule has 0 amide bonds. The molecule has 1 heterocycles. The summed E-state index contributed by atoms with van der Waals surface area (Å²) >= 11 is 0. The van der Waals surface area contributed by atoms with E-state index in [0.717, 1.165) is 25.2 Å². The first-order valence-corrected chi connectivity index (χ1v) is 7.09. The van der Waals surface area contributed by atoms with Gasteiger partial charge in [-0.15, -0.1) is 0 Å². The Morgan fingerprint density at radius 3 is 1.94 bits per heavy atom. The second kappa shape index (κ2) is 3.96. The SMILES string of the molecule is CC1CCC(C2(O)CC(C)(C)OC2(C)C)CC1. The van der Waals surface area contributed by atoms with Crippen LogP contribution in [0.15, 0.2) is 0 Å². The Morgan fingerprint density at radius 1 is 1.00 bits per heavy atom. The summed E-state index contributed by atoms with van der Waals surface area (Å²) in [5.74, 6) is 1.24. The van der Waals surface area contributed by atoms with Crippen LogP contribution >= 0.6 is 0 Å². The molecule has 1 atom stereocenters. The fourth-order valence-corrected chi connectivity index (χ4v) is 4.05. The van der Waals surface area contributed by atoms with E-state index in [1.54, 1.807) is 0 Å². The fraction of sp³-hybridized carbons (Fsp3) is 1.00. The van der Waals surface area contributed by atoms with Crippen LogP contribution in [0.1, 0.15) is 66.7 Å². The minimum absolute atomic E-state index is 0.193. The minimum atomic E-state index is -0.642. The minimum Gasteiger partial charge on any atom is -0.386 e. The Labute approximate surface area is 106 Å². The predicted molar refractivity (Wildman–Crippen MR) is 69.9 cm³/mol. The maximum Gasteiger partial charge on any atom is 0.0986 e. The van der Waals surface area contributed by atoms with Crippen molar-refractivity contribution < 1.29 is 9.84 Å². The van der Waals surface area contributed by atoms with Crippen molar-refractivity contribution in [3.8, 4) is 0 Å². The fourth-order valence-electron chi connectivity index (χ4n) is 4.05. The molecule has 0 aromatic heterocycles. The smallest absolute Gasteiger partial charge is 0.0986 e. The third kappa shape index (κ3) is 2.26. The van der Waals surface area contributed by atoms with Crippen molar-refractivity contribution in [1.82, 2.24) is 0 Å². The normalized spacial score (nSPS) is 44.8. The molecular formula is C15H28O2.